The van der Waals surface area contributed by atoms with E-state index >= 15 is 0 Å². The number of ether oxygens (including phenoxy) is 1. The van der Waals surface area contributed by atoms with E-state index in [2.05, 4.69) is 10.6 Å². The number of hydrogen-bond donors (Lipinski definition) is 2. The number of hydrogen-bond acceptors (Lipinski definition) is 3. The Balaban J connectivity index is 2.05. The first-order chi connectivity index (χ1) is 8.65. The van der Waals surface area contributed by atoms with Crippen LogP contribution in [0.4, 0.5) is 5.69 Å². The average Bonchev–Trinajstić information content (AvgIpc) is 2.34. The van der Waals surface area contributed by atoms with Crippen LogP contribution in [-0.4, -0.2) is 25.1 Å². The summed E-state index contributed by atoms with van der Waals surface area (Å²) in [7, 11) is 0. The fourth-order valence-corrected chi connectivity index (χ4v) is 2.10. The normalized spacial score (nSPS) is 16.3. The van der Waals surface area contributed by atoms with Crippen LogP contribution in [0.5, 0.6) is 5.75 Å². The van der Waals surface area contributed by atoms with Crippen LogP contribution in [0.1, 0.15) is 25.3 Å². The fraction of sp³-hybridized carbons (Fsp3) is 0.500. The first kappa shape index (κ1) is 12.9. The van der Waals surface area contributed by atoms with Gasteiger partial charge in [-0.05, 0) is 44.5 Å². The van der Waals surface area contributed by atoms with Crippen LogP contribution < -0.4 is 15.4 Å². The molecule has 1 amide bonds. The third-order valence-corrected chi connectivity index (χ3v) is 3.11. The van der Waals surface area contributed by atoms with Crippen molar-refractivity contribution in [2.75, 3.05) is 18.4 Å². The van der Waals surface area contributed by atoms with Crippen LogP contribution in [-0.2, 0) is 4.79 Å². The molecule has 0 spiro atoms. The molecule has 0 unspecified atom stereocenters. The molecule has 1 aliphatic heterocycles. The van der Waals surface area contributed by atoms with E-state index in [0.717, 1.165) is 42.9 Å². The summed E-state index contributed by atoms with van der Waals surface area (Å²) in [5, 5.41) is 6.13. The lowest BCUT2D eigenvalue weighted by atomic mass is 10.1. The molecule has 1 heterocycles. The second-order valence-electron chi connectivity index (χ2n) is 4.73. The Morgan fingerprint density at radius 2 is 2.11 bits per heavy atom. The standard InChI is InChI=1S/C14H20N2O2/c1-10-3-4-13(9-14(10)16-11(2)17)18-12-5-7-15-8-6-12/h3-4,9,12,15H,5-8H2,1-2H3,(H,16,17). The maximum atomic E-state index is 11.1. The van der Waals surface area contributed by atoms with E-state index in [9.17, 15) is 4.79 Å². The number of amides is 1. The number of carbonyl (C=O) groups excluding carboxylic acids is 1. The van der Waals surface area contributed by atoms with Crippen molar-refractivity contribution in [1.82, 2.24) is 5.32 Å². The van der Waals surface area contributed by atoms with E-state index < -0.39 is 0 Å². The summed E-state index contributed by atoms with van der Waals surface area (Å²) in [6.45, 7) is 5.50. The van der Waals surface area contributed by atoms with Gasteiger partial charge in [-0.1, -0.05) is 6.07 Å². The summed E-state index contributed by atoms with van der Waals surface area (Å²) in [6, 6.07) is 5.84. The lowest BCUT2D eigenvalue weighted by Crippen LogP contribution is -2.34. The van der Waals surface area contributed by atoms with Crippen LogP contribution in [0.25, 0.3) is 0 Å². The maximum absolute atomic E-state index is 11.1. The Bertz CT molecular complexity index is 426. The smallest absolute Gasteiger partial charge is 0.221 e. The third-order valence-electron chi connectivity index (χ3n) is 3.11. The SMILES string of the molecule is CC(=O)Nc1cc(OC2CCNCC2)ccc1C. The number of piperidine rings is 1. The Hall–Kier alpha value is -1.55. The van der Waals surface area contributed by atoms with Gasteiger partial charge in [-0.25, -0.2) is 0 Å². The van der Waals surface area contributed by atoms with Gasteiger partial charge in [-0.2, -0.15) is 0 Å². The largest absolute Gasteiger partial charge is 0.490 e. The molecule has 1 aliphatic rings. The van der Waals surface area contributed by atoms with Gasteiger partial charge in [-0.15, -0.1) is 0 Å². The molecule has 4 nitrogen and oxygen atoms in total. The van der Waals surface area contributed by atoms with Crippen molar-refractivity contribution in [2.45, 2.75) is 32.8 Å². The minimum atomic E-state index is -0.0582. The molecule has 0 aromatic heterocycles. The van der Waals surface area contributed by atoms with Crippen molar-refractivity contribution in [3.8, 4) is 5.75 Å². The van der Waals surface area contributed by atoms with Crippen molar-refractivity contribution >= 4 is 11.6 Å². The minimum absolute atomic E-state index is 0.0582. The number of anilines is 1. The van der Waals surface area contributed by atoms with E-state index in [1.54, 1.807) is 0 Å². The number of aryl methyl sites for hydroxylation is 1. The molecular weight excluding hydrogens is 228 g/mol. The van der Waals surface area contributed by atoms with Crippen molar-refractivity contribution in [2.24, 2.45) is 0 Å². The van der Waals surface area contributed by atoms with Crippen LogP contribution >= 0.6 is 0 Å². The van der Waals surface area contributed by atoms with E-state index in [1.165, 1.54) is 6.92 Å². The lowest BCUT2D eigenvalue weighted by molar-refractivity contribution is -0.114. The molecule has 1 aromatic rings. The monoisotopic (exact) mass is 248 g/mol. The quantitative estimate of drug-likeness (QED) is 0.861. The van der Waals surface area contributed by atoms with Crippen LogP contribution in [0, 0.1) is 6.92 Å². The molecule has 0 radical (unpaired) electrons. The summed E-state index contributed by atoms with van der Waals surface area (Å²) < 4.78 is 5.94. The van der Waals surface area contributed by atoms with Crippen molar-refractivity contribution in [3.63, 3.8) is 0 Å². The van der Waals surface area contributed by atoms with E-state index in [0.29, 0.717) is 0 Å². The Morgan fingerprint density at radius 3 is 2.78 bits per heavy atom. The molecule has 1 saturated heterocycles. The molecule has 0 atom stereocenters. The highest BCUT2D eigenvalue weighted by molar-refractivity contribution is 5.89. The summed E-state index contributed by atoms with van der Waals surface area (Å²) in [6.07, 6.45) is 2.34. The van der Waals surface area contributed by atoms with Gasteiger partial charge in [0.05, 0.1) is 0 Å². The van der Waals surface area contributed by atoms with Gasteiger partial charge in [0.1, 0.15) is 11.9 Å². The topological polar surface area (TPSA) is 50.4 Å². The average molecular weight is 248 g/mol. The molecule has 2 rings (SSSR count). The van der Waals surface area contributed by atoms with Gasteiger partial charge in [0.25, 0.3) is 0 Å². The molecule has 0 aliphatic carbocycles. The fourth-order valence-electron chi connectivity index (χ4n) is 2.10. The number of nitrogens with one attached hydrogen (secondary N) is 2. The summed E-state index contributed by atoms with van der Waals surface area (Å²) in [4.78, 5) is 11.1. The summed E-state index contributed by atoms with van der Waals surface area (Å²) in [5.74, 6) is 0.772. The first-order valence-corrected chi connectivity index (χ1v) is 6.41. The van der Waals surface area contributed by atoms with Gasteiger partial charge in [0.2, 0.25) is 5.91 Å². The zero-order valence-corrected chi connectivity index (χ0v) is 11.0. The number of carbonyl (C=O) groups is 1. The molecule has 1 fully saturated rings. The second-order valence-corrected chi connectivity index (χ2v) is 4.73. The first-order valence-electron chi connectivity index (χ1n) is 6.41. The zero-order chi connectivity index (χ0) is 13.0. The molecule has 2 N–H and O–H groups in total. The Labute approximate surface area is 108 Å². The van der Waals surface area contributed by atoms with Crippen molar-refractivity contribution < 1.29 is 9.53 Å². The Morgan fingerprint density at radius 1 is 1.39 bits per heavy atom. The van der Waals surface area contributed by atoms with Gasteiger partial charge in [0, 0.05) is 18.7 Å². The van der Waals surface area contributed by atoms with E-state index in [1.807, 2.05) is 25.1 Å². The maximum Gasteiger partial charge on any atom is 0.221 e. The molecule has 0 saturated carbocycles. The van der Waals surface area contributed by atoms with Crippen molar-refractivity contribution in [3.05, 3.63) is 23.8 Å². The summed E-state index contributed by atoms with van der Waals surface area (Å²) >= 11 is 0. The molecular formula is C14H20N2O2. The third kappa shape index (κ3) is 3.47. The number of benzene rings is 1. The summed E-state index contributed by atoms with van der Waals surface area (Å²) in [5.41, 5.74) is 1.87. The highest BCUT2D eigenvalue weighted by Crippen LogP contribution is 2.24. The van der Waals surface area contributed by atoms with Crippen molar-refractivity contribution in [1.29, 1.82) is 0 Å². The van der Waals surface area contributed by atoms with Crippen LogP contribution in [0.3, 0.4) is 0 Å². The molecule has 98 valence electrons. The molecule has 0 bridgehead atoms. The second kappa shape index (κ2) is 5.87. The van der Waals surface area contributed by atoms with E-state index in [-0.39, 0.29) is 12.0 Å². The van der Waals surface area contributed by atoms with Gasteiger partial charge in [-0.3, -0.25) is 4.79 Å². The highest BCUT2D eigenvalue weighted by Gasteiger charge is 2.14. The minimum Gasteiger partial charge on any atom is -0.490 e. The Kier molecular flexibility index (Phi) is 4.20. The lowest BCUT2D eigenvalue weighted by Gasteiger charge is -2.24. The highest BCUT2D eigenvalue weighted by atomic mass is 16.5. The number of rotatable bonds is 3. The van der Waals surface area contributed by atoms with Crippen LogP contribution in [0.15, 0.2) is 18.2 Å². The predicted molar refractivity (Wildman–Crippen MR) is 72.0 cm³/mol. The molecule has 18 heavy (non-hydrogen) atoms. The zero-order valence-electron chi connectivity index (χ0n) is 11.0. The van der Waals surface area contributed by atoms with E-state index in [4.69, 9.17) is 4.74 Å². The van der Waals surface area contributed by atoms with Crippen LogP contribution in [0.2, 0.25) is 0 Å². The van der Waals surface area contributed by atoms with Gasteiger partial charge < -0.3 is 15.4 Å². The van der Waals surface area contributed by atoms with Gasteiger partial charge >= 0.3 is 0 Å². The van der Waals surface area contributed by atoms with Gasteiger partial charge in [0.15, 0.2) is 0 Å². The molecule has 1 aromatic carbocycles. The molecule has 4 heteroatoms. The predicted octanol–water partition coefficient (Wildman–Crippen LogP) is 2.08.